The van der Waals surface area contributed by atoms with Crippen molar-refractivity contribution in [2.24, 2.45) is 11.8 Å². The molecule has 14 nitrogen and oxygen atoms in total. The number of thioether (sulfide) groups is 2. The molecule has 0 aliphatic rings. The predicted molar refractivity (Wildman–Crippen MR) is 239 cm³/mol. The second kappa shape index (κ2) is 25.9. The summed E-state index contributed by atoms with van der Waals surface area (Å²) in [5, 5.41) is 16.8. The molecule has 16 heteroatoms. The normalized spacial score (nSPS) is 13.0. The summed E-state index contributed by atoms with van der Waals surface area (Å²) in [6.07, 6.45) is 0.134. The van der Waals surface area contributed by atoms with Crippen molar-refractivity contribution in [2.45, 2.75) is 149 Å². The molecule has 1 rings (SSSR count). The zero-order valence-electron chi connectivity index (χ0n) is 37.6. The lowest BCUT2D eigenvalue weighted by Gasteiger charge is -2.28. The number of Topliss-reactive ketones (excluding diaryl/α,β-unsaturated/α-hetero) is 1. The third kappa shape index (κ3) is 23.1. The Hall–Kier alpha value is -3.63. The molecule has 1 aromatic rings. The fraction of sp³-hybridized carbons (Fsp3) is 0.698. The van der Waals surface area contributed by atoms with E-state index in [-0.39, 0.29) is 53.6 Å². The summed E-state index contributed by atoms with van der Waals surface area (Å²) in [7, 11) is 0. The van der Waals surface area contributed by atoms with Crippen LogP contribution < -0.4 is 31.9 Å². The van der Waals surface area contributed by atoms with Gasteiger partial charge in [-0.25, -0.2) is 0 Å². The number of hydrogen-bond donors (Lipinski definition) is 6. The van der Waals surface area contributed by atoms with Crippen LogP contribution in [0.1, 0.15) is 130 Å². The maximum Gasteiger partial charge on any atom is 0.251 e. The van der Waals surface area contributed by atoms with Crippen LogP contribution in [0, 0.1) is 11.8 Å². The summed E-state index contributed by atoms with van der Waals surface area (Å²) in [5.41, 5.74) is -0.226. The van der Waals surface area contributed by atoms with Gasteiger partial charge in [0.05, 0.1) is 18.7 Å². The molecule has 0 radical (unpaired) electrons. The Morgan fingerprint density at radius 3 is 1.71 bits per heavy atom. The van der Waals surface area contributed by atoms with Crippen molar-refractivity contribution in [3.63, 3.8) is 0 Å². The van der Waals surface area contributed by atoms with Crippen LogP contribution in [0.2, 0.25) is 0 Å². The van der Waals surface area contributed by atoms with E-state index < -0.39 is 60.2 Å². The SMILES string of the molecule is CC(C)NC(=O)C(NC(=O)CCC(NC(=O)CNC(=O)c1ccc(C(=O)C(CSC(C)C)CSC(C)C)cc1)C(=O)NCC(=O)NC(C)(C)CCOC(C)(C)C)C(C)C. The molecular weight excluding hydrogens is 793 g/mol. The molecule has 6 amide bonds. The molecule has 1 aromatic carbocycles. The van der Waals surface area contributed by atoms with Crippen molar-refractivity contribution in [1.82, 2.24) is 31.9 Å². The Kier molecular flexibility index (Phi) is 23.4. The zero-order valence-corrected chi connectivity index (χ0v) is 39.2. The van der Waals surface area contributed by atoms with Gasteiger partial charge < -0.3 is 36.6 Å². The van der Waals surface area contributed by atoms with Gasteiger partial charge in [-0.3, -0.25) is 33.6 Å². The molecule has 0 aromatic heterocycles. The predicted octanol–water partition coefficient (Wildman–Crippen LogP) is 4.65. The monoisotopic (exact) mass is 864 g/mol. The Labute approximate surface area is 361 Å². The lowest BCUT2D eigenvalue weighted by atomic mass is 9.99. The topological polar surface area (TPSA) is 201 Å². The largest absolute Gasteiger partial charge is 0.376 e. The van der Waals surface area contributed by atoms with Gasteiger partial charge in [-0.1, -0.05) is 53.7 Å². The second-order valence-corrected chi connectivity index (χ2v) is 20.8. The number of ketones is 1. The molecule has 0 fully saturated rings. The average Bonchev–Trinajstić information content (AvgIpc) is 3.11. The van der Waals surface area contributed by atoms with E-state index in [1.54, 1.807) is 49.5 Å². The van der Waals surface area contributed by atoms with Crippen molar-refractivity contribution in [2.75, 3.05) is 31.2 Å². The summed E-state index contributed by atoms with van der Waals surface area (Å²) in [6, 6.07) is 4.09. The average molecular weight is 865 g/mol. The van der Waals surface area contributed by atoms with E-state index in [1.165, 1.54) is 12.1 Å². The fourth-order valence-corrected chi connectivity index (χ4v) is 7.35. The van der Waals surface area contributed by atoms with E-state index in [9.17, 15) is 33.6 Å². The first-order chi connectivity index (χ1) is 27.3. The number of rotatable bonds is 26. The summed E-state index contributed by atoms with van der Waals surface area (Å²) in [6.45, 7) is 24.6. The maximum atomic E-state index is 13.4. The Morgan fingerprint density at radius 2 is 1.20 bits per heavy atom. The van der Waals surface area contributed by atoms with E-state index >= 15 is 0 Å². The van der Waals surface area contributed by atoms with Gasteiger partial charge in [-0.15, -0.1) is 0 Å². The number of amides is 6. The lowest BCUT2D eigenvalue weighted by Crippen LogP contribution is -2.53. The van der Waals surface area contributed by atoms with Crippen molar-refractivity contribution >= 4 is 64.8 Å². The van der Waals surface area contributed by atoms with Crippen molar-refractivity contribution < 1.29 is 38.3 Å². The first-order valence-electron chi connectivity index (χ1n) is 20.6. The fourth-order valence-electron chi connectivity index (χ4n) is 5.43. The molecule has 334 valence electrons. The number of benzene rings is 1. The highest BCUT2D eigenvalue weighted by atomic mass is 32.2. The van der Waals surface area contributed by atoms with Gasteiger partial charge in [0.1, 0.15) is 12.1 Å². The molecule has 0 saturated carbocycles. The second-order valence-electron chi connectivity index (χ2n) is 17.6. The number of ether oxygens (including phenoxy) is 1. The van der Waals surface area contributed by atoms with Gasteiger partial charge in [-0.2, -0.15) is 23.5 Å². The standard InChI is InChI=1S/C43H72N6O8S2/c1-26(2)37(41(56)46-27(3)4)48-34(50)19-18-33(40(55)45-23-36(52)49-43(12,13)20-21-57-42(9,10)11)47-35(51)22-44-39(54)31-16-14-30(15-17-31)38(53)32(24-58-28(5)6)25-59-29(7)8/h14-17,26-29,32-33,37H,18-25H2,1-13H3,(H,44,54)(H,45,55)(H,46,56)(H,47,51)(H,48,50)(H,49,52). The molecule has 0 heterocycles. The summed E-state index contributed by atoms with van der Waals surface area (Å²) in [5.74, 6) is -2.27. The van der Waals surface area contributed by atoms with Gasteiger partial charge in [0.2, 0.25) is 29.5 Å². The highest BCUT2D eigenvalue weighted by Crippen LogP contribution is 2.24. The van der Waals surface area contributed by atoms with Crippen molar-refractivity contribution in [3.8, 4) is 0 Å². The molecule has 59 heavy (non-hydrogen) atoms. The molecule has 0 aliphatic heterocycles. The number of carbonyl (C=O) groups excluding carboxylic acids is 7. The Bertz CT molecular complexity index is 1530. The Balaban J connectivity index is 3.02. The number of nitrogens with one attached hydrogen (secondary N) is 6. The van der Waals surface area contributed by atoms with Crippen LogP contribution in [0.15, 0.2) is 24.3 Å². The minimum Gasteiger partial charge on any atom is -0.376 e. The lowest BCUT2D eigenvalue weighted by molar-refractivity contribution is -0.132. The van der Waals surface area contributed by atoms with Gasteiger partial charge in [0, 0.05) is 53.2 Å². The molecule has 0 spiro atoms. The van der Waals surface area contributed by atoms with Gasteiger partial charge in [0.15, 0.2) is 5.78 Å². The highest BCUT2D eigenvalue weighted by Gasteiger charge is 2.28. The van der Waals surface area contributed by atoms with Gasteiger partial charge in [-0.05, 0) is 89.9 Å². The number of hydrogen-bond acceptors (Lipinski definition) is 10. The highest BCUT2D eigenvalue weighted by molar-refractivity contribution is 8.00. The van der Waals surface area contributed by atoms with Crippen LogP contribution in [-0.2, 0) is 28.7 Å². The van der Waals surface area contributed by atoms with Crippen LogP contribution in [0.25, 0.3) is 0 Å². The third-order valence-electron chi connectivity index (χ3n) is 8.64. The van der Waals surface area contributed by atoms with E-state index in [1.807, 2.05) is 48.5 Å². The summed E-state index contributed by atoms with van der Waals surface area (Å²) in [4.78, 5) is 91.6. The first-order valence-corrected chi connectivity index (χ1v) is 22.7. The quantitative estimate of drug-likeness (QED) is 0.0713. The zero-order chi connectivity index (χ0) is 45.1. The minimum absolute atomic E-state index is 0.0149. The summed E-state index contributed by atoms with van der Waals surface area (Å²) >= 11 is 3.48. The summed E-state index contributed by atoms with van der Waals surface area (Å²) < 4.78 is 5.78. The van der Waals surface area contributed by atoms with E-state index in [0.29, 0.717) is 40.6 Å². The van der Waals surface area contributed by atoms with Crippen molar-refractivity contribution in [3.05, 3.63) is 35.4 Å². The minimum atomic E-state index is -1.26. The van der Waals surface area contributed by atoms with Crippen LogP contribution in [-0.4, -0.2) is 112 Å². The van der Waals surface area contributed by atoms with Crippen LogP contribution in [0.4, 0.5) is 0 Å². The van der Waals surface area contributed by atoms with Crippen molar-refractivity contribution in [1.29, 1.82) is 0 Å². The van der Waals surface area contributed by atoms with Gasteiger partial charge in [0.25, 0.3) is 5.91 Å². The molecule has 2 atom stereocenters. The molecule has 6 N–H and O–H groups in total. The number of carbonyl (C=O) groups is 7. The van der Waals surface area contributed by atoms with Crippen LogP contribution >= 0.6 is 23.5 Å². The smallest absolute Gasteiger partial charge is 0.251 e. The molecule has 0 bridgehead atoms. The van der Waals surface area contributed by atoms with Gasteiger partial charge >= 0.3 is 0 Å². The van der Waals surface area contributed by atoms with Crippen LogP contribution in [0.5, 0.6) is 0 Å². The Morgan fingerprint density at radius 1 is 0.661 bits per heavy atom. The van der Waals surface area contributed by atoms with E-state index in [4.69, 9.17) is 4.74 Å². The molecule has 0 saturated heterocycles. The maximum absolute atomic E-state index is 13.4. The third-order valence-corrected chi connectivity index (χ3v) is 11.2. The molecular formula is C43H72N6O8S2. The van der Waals surface area contributed by atoms with E-state index in [0.717, 1.165) is 0 Å². The van der Waals surface area contributed by atoms with Crippen LogP contribution in [0.3, 0.4) is 0 Å². The molecule has 2 unspecified atom stereocenters. The molecule has 0 aliphatic carbocycles. The van der Waals surface area contributed by atoms with E-state index in [2.05, 4.69) is 59.6 Å². The first kappa shape index (κ1) is 53.4.